The highest BCUT2D eigenvalue weighted by Crippen LogP contribution is 2.33. The number of hydrogen-bond acceptors (Lipinski definition) is 3. The van der Waals surface area contributed by atoms with Crippen LogP contribution in [0.3, 0.4) is 0 Å². The van der Waals surface area contributed by atoms with Gasteiger partial charge in [0.2, 0.25) is 0 Å². The molecule has 0 amide bonds. The van der Waals surface area contributed by atoms with E-state index in [1.54, 1.807) is 7.11 Å². The number of rotatable bonds is 7. The molecule has 0 aliphatic carbocycles. The van der Waals surface area contributed by atoms with E-state index in [-0.39, 0.29) is 6.04 Å². The molecule has 0 heterocycles. The molecular formula is C14H22Cl2N2O. The van der Waals surface area contributed by atoms with Gasteiger partial charge in [0.25, 0.3) is 0 Å². The van der Waals surface area contributed by atoms with Crippen LogP contribution in [0.1, 0.15) is 25.5 Å². The zero-order chi connectivity index (χ0) is 14.4. The molecular weight excluding hydrogens is 283 g/mol. The summed E-state index contributed by atoms with van der Waals surface area (Å²) in [7, 11) is 1.69. The second kappa shape index (κ2) is 8.08. The normalized spacial score (nSPS) is 13.3. The van der Waals surface area contributed by atoms with Crippen molar-refractivity contribution in [2.24, 2.45) is 5.73 Å². The standard InChI is InChI=1S/C14H22Cl2N2O/c1-10(2)18(7-8-19-3)13(9-17)14-11(15)5-4-6-12(14)16/h4-6,10,13H,7-9,17H2,1-3H3. The minimum atomic E-state index is -0.00338. The summed E-state index contributed by atoms with van der Waals surface area (Å²) in [4.78, 5) is 2.26. The van der Waals surface area contributed by atoms with E-state index in [1.807, 2.05) is 18.2 Å². The van der Waals surface area contributed by atoms with E-state index in [1.165, 1.54) is 0 Å². The number of benzene rings is 1. The molecule has 0 fully saturated rings. The van der Waals surface area contributed by atoms with Crippen LogP contribution in [-0.2, 0) is 4.74 Å². The molecule has 1 rings (SSSR count). The summed E-state index contributed by atoms with van der Waals surface area (Å²) in [5, 5.41) is 1.32. The Morgan fingerprint density at radius 1 is 1.26 bits per heavy atom. The Balaban J connectivity index is 3.08. The summed E-state index contributed by atoms with van der Waals surface area (Å²) in [6.45, 7) is 6.16. The van der Waals surface area contributed by atoms with Crippen LogP contribution in [0, 0.1) is 0 Å². The minimum Gasteiger partial charge on any atom is -0.383 e. The molecule has 0 saturated heterocycles. The summed E-state index contributed by atoms with van der Waals surface area (Å²) in [6.07, 6.45) is 0. The fraction of sp³-hybridized carbons (Fsp3) is 0.571. The third-order valence-electron chi connectivity index (χ3n) is 3.17. The topological polar surface area (TPSA) is 38.5 Å². The van der Waals surface area contributed by atoms with Gasteiger partial charge in [0.05, 0.1) is 12.6 Å². The first-order valence-electron chi connectivity index (χ1n) is 6.41. The first kappa shape index (κ1) is 16.7. The maximum Gasteiger partial charge on any atom is 0.0590 e. The van der Waals surface area contributed by atoms with E-state index in [0.717, 1.165) is 12.1 Å². The van der Waals surface area contributed by atoms with Gasteiger partial charge in [-0.3, -0.25) is 4.90 Å². The number of nitrogens with two attached hydrogens (primary N) is 1. The van der Waals surface area contributed by atoms with Crippen molar-refractivity contribution in [2.45, 2.75) is 25.9 Å². The molecule has 19 heavy (non-hydrogen) atoms. The van der Waals surface area contributed by atoms with Gasteiger partial charge in [-0.25, -0.2) is 0 Å². The monoisotopic (exact) mass is 304 g/mol. The van der Waals surface area contributed by atoms with Crippen molar-refractivity contribution < 1.29 is 4.74 Å². The van der Waals surface area contributed by atoms with Crippen molar-refractivity contribution >= 4 is 23.2 Å². The highest BCUT2D eigenvalue weighted by atomic mass is 35.5. The van der Waals surface area contributed by atoms with Gasteiger partial charge >= 0.3 is 0 Å². The number of methoxy groups -OCH3 is 1. The van der Waals surface area contributed by atoms with Crippen LogP contribution in [0.15, 0.2) is 18.2 Å². The van der Waals surface area contributed by atoms with E-state index in [0.29, 0.717) is 29.2 Å². The van der Waals surface area contributed by atoms with Crippen molar-refractivity contribution in [3.8, 4) is 0 Å². The van der Waals surface area contributed by atoms with E-state index >= 15 is 0 Å². The third kappa shape index (κ3) is 4.33. The lowest BCUT2D eigenvalue weighted by Gasteiger charge is -2.35. The van der Waals surface area contributed by atoms with E-state index in [4.69, 9.17) is 33.7 Å². The van der Waals surface area contributed by atoms with Gasteiger partial charge in [0.1, 0.15) is 0 Å². The first-order chi connectivity index (χ1) is 9.02. The van der Waals surface area contributed by atoms with Crippen LogP contribution in [-0.4, -0.2) is 37.7 Å². The van der Waals surface area contributed by atoms with Gasteiger partial charge in [-0.1, -0.05) is 29.3 Å². The van der Waals surface area contributed by atoms with Gasteiger partial charge in [-0.05, 0) is 26.0 Å². The van der Waals surface area contributed by atoms with Gasteiger partial charge in [0.15, 0.2) is 0 Å². The molecule has 0 radical (unpaired) electrons. The summed E-state index contributed by atoms with van der Waals surface area (Å²) in [5.41, 5.74) is 6.85. The van der Waals surface area contributed by atoms with E-state index in [2.05, 4.69) is 18.7 Å². The molecule has 1 aromatic carbocycles. The summed E-state index contributed by atoms with van der Waals surface area (Å²) in [5.74, 6) is 0. The van der Waals surface area contributed by atoms with Crippen molar-refractivity contribution in [1.29, 1.82) is 0 Å². The number of halogens is 2. The van der Waals surface area contributed by atoms with Crippen LogP contribution in [0.5, 0.6) is 0 Å². The molecule has 0 aliphatic rings. The molecule has 0 aliphatic heterocycles. The van der Waals surface area contributed by atoms with E-state index < -0.39 is 0 Å². The molecule has 0 bridgehead atoms. The van der Waals surface area contributed by atoms with Crippen molar-refractivity contribution in [2.75, 3.05) is 26.8 Å². The van der Waals surface area contributed by atoms with Gasteiger partial charge in [0, 0.05) is 41.8 Å². The second-order valence-electron chi connectivity index (χ2n) is 4.71. The maximum atomic E-state index is 6.29. The summed E-state index contributed by atoms with van der Waals surface area (Å²) >= 11 is 12.6. The second-order valence-corrected chi connectivity index (χ2v) is 5.53. The van der Waals surface area contributed by atoms with Crippen LogP contribution in [0.4, 0.5) is 0 Å². The van der Waals surface area contributed by atoms with Crippen LogP contribution in [0.2, 0.25) is 10.0 Å². The highest BCUT2D eigenvalue weighted by Gasteiger charge is 2.25. The molecule has 3 nitrogen and oxygen atoms in total. The number of ether oxygens (including phenoxy) is 1. The molecule has 0 aromatic heterocycles. The third-order valence-corrected chi connectivity index (χ3v) is 3.83. The average molecular weight is 305 g/mol. The van der Waals surface area contributed by atoms with Crippen LogP contribution < -0.4 is 5.73 Å². The number of nitrogens with zero attached hydrogens (tertiary/aromatic N) is 1. The predicted molar refractivity (Wildman–Crippen MR) is 82.0 cm³/mol. The predicted octanol–water partition coefficient (Wildman–Crippen LogP) is 3.35. The summed E-state index contributed by atoms with van der Waals surface area (Å²) in [6, 6.07) is 5.87. The molecule has 0 saturated carbocycles. The van der Waals surface area contributed by atoms with Gasteiger partial charge in [-0.2, -0.15) is 0 Å². The maximum absolute atomic E-state index is 6.29. The zero-order valence-electron chi connectivity index (χ0n) is 11.7. The Kier molecular flexibility index (Phi) is 7.11. The Morgan fingerprint density at radius 3 is 2.26 bits per heavy atom. The Labute approximate surface area is 125 Å². The molecule has 108 valence electrons. The quantitative estimate of drug-likeness (QED) is 0.839. The zero-order valence-corrected chi connectivity index (χ0v) is 13.2. The molecule has 0 spiro atoms. The lowest BCUT2D eigenvalue weighted by molar-refractivity contribution is 0.0980. The Morgan fingerprint density at radius 2 is 1.84 bits per heavy atom. The fourth-order valence-corrected chi connectivity index (χ4v) is 2.87. The molecule has 1 atom stereocenters. The lowest BCUT2D eigenvalue weighted by atomic mass is 10.0. The first-order valence-corrected chi connectivity index (χ1v) is 7.17. The van der Waals surface area contributed by atoms with Gasteiger partial charge in [-0.15, -0.1) is 0 Å². The van der Waals surface area contributed by atoms with Crippen LogP contribution in [0.25, 0.3) is 0 Å². The molecule has 2 N–H and O–H groups in total. The Bertz CT molecular complexity index is 379. The average Bonchev–Trinajstić information content (AvgIpc) is 2.36. The smallest absolute Gasteiger partial charge is 0.0590 e. The summed E-state index contributed by atoms with van der Waals surface area (Å²) < 4.78 is 5.17. The molecule has 5 heteroatoms. The van der Waals surface area contributed by atoms with Crippen molar-refractivity contribution in [3.63, 3.8) is 0 Å². The van der Waals surface area contributed by atoms with Crippen molar-refractivity contribution in [1.82, 2.24) is 4.90 Å². The fourth-order valence-electron chi connectivity index (χ4n) is 2.22. The van der Waals surface area contributed by atoms with Crippen molar-refractivity contribution in [3.05, 3.63) is 33.8 Å². The lowest BCUT2D eigenvalue weighted by Crippen LogP contribution is -2.41. The number of hydrogen-bond donors (Lipinski definition) is 1. The van der Waals surface area contributed by atoms with E-state index in [9.17, 15) is 0 Å². The molecule has 1 unspecified atom stereocenters. The Hall–Kier alpha value is -0.320. The van der Waals surface area contributed by atoms with Gasteiger partial charge < -0.3 is 10.5 Å². The van der Waals surface area contributed by atoms with Crippen LogP contribution >= 0.6 is 23.2 Å². The molecule has 1 aromatic rings. The minimum absolute atomic E-state index is 0.00338. The highest BCUT2D eigenvalue weighted by molar-refractivity contribution is 6.36. The SMILES string of the molecule is COCCN(C(C)C)C(CN)c1c(Cl)cccc1Cl. The largest absolute Gasteiger partial charge is 0.383 e.